The van der Waals surface area contributed by atoms with E-state index in [4.69, 9.17) is 14.4 Å². The van der Waals surface area contributed by atoms with Crippen molar-refractivity contribution >= 4 is 5.97 Å². The Morgan fingerprint density at radius 3 is 2.63 bits per heavy atom. The molecular formula is C13H14N2O4. The monoisotopic (exact) mass is 262 g/mol. The van der Waals surface area contributed by atoms with Crippen LogP contribution in [-0.2, 0) is 11.3 Å². The molecule has 1 N–H and O–H groups in total. The van der Waals surface area contributed by atoms with E-state index in [-0.39, 0.29) is 18.3 Å². The first-order valence-corrected chi connectivity index (χ1v) is 5.84. The van der Waals surface area contributed by atoms with Crippen LogP contribution in [0.15, 0.2) is 28.8 Å². The summed E-state index contributed by atoms with van der Waals surface area (Å²) in [7, 11) is 0. The second-order valence-electron chi connectivity index (χ2n) is 4.25. The Morgan fingerprint density at radius 1 is 1.37 bits per heavy atom. The first-order valence-electron chi connectivity index (χ1n) is 5.84. The molecule has 6 nitrogen and oxygen atoms in total. The highest BCUT2D eigenvalue weighted by atomic mass is 16.5. The van der Waals surface area contributed by atoms with Gasteiger partial charge in [-0.3, -0.25) is 0 Å². The van der Waals surface area contributed by atoms with Gasteiger partial charge in [-0.05, 0) is 26.0 Å². The summed E-state index contributed by atoms with van der Waals surface area (Å²) in [5.74, 6) is -0.156. The zero-order chi connectivity index (χ0) is 13.8. The highest BCUT2D eigenvalue weighted by Gasteiger charge is 2.10. The maximum absolute atomic E-state index is 10.7. The Labute approximate surface area is 110 Å². The van der Waals surface area contributed by atoms with E-state index < -0.39 is 5.97 Å². The molecule has 1 aromatic carbocycles. The zero-order valence-electron chi connectivity index (χ0n) is 10.7. The van der Waals surface area contributed by atoms with Crippen LogP contribution in [0.1, 0.15) is 30.1 Å². The number of nitrogens with zero attached hydrogens (tertiary/aromatic N) is 2. The second-order valence-corrected chi connectivity index (χ2v) is 4.25. The third-order valence-corrected chi connectivity index (χ3v) is 2.40. The minimum Gasteiger partial charge on any atom is -0.478 e. The summed E-state index contributed by atoms with van der Waals surface area (Å²) in [6.45, 7) is 4.10. The largest absolute Gasteiger partial charge is 0.478 e. The average molecular weight is 262 g/mol. The summed E-state index contributed by atoms with van der Waals surface area (Å²) in [6, 6.07) is 6.28. The number of aromatic carboxylic acids is 1. The quantitative estimate of drug-likeness (QED) is 0.890. The molecule has 0 atom stereocenters. The number of carbonyl (C=O) groups is 1. The van der Waals surface area contributed by atoms with Crippen molar-refractivity contribution < 1.29 is 19.2 Å². The van der Waals surface area contributed by atoms with Crippen LogP contribution in [0.4, 0.5) is 0 Å². The van der Waals surface area contributed by atoms with Gasteiger partial charge in [-0.15, -0.1) is 0 Å². The molecular weight excluding hydrogens is 248 g/mol. The van der Waals surface area contributed by atoms with Crippen LogP contribution in [0.2, 0.25) is 0 Å². The Bertz CT molecular complexity index is 560. The minimum atomic E-state index is -0.967. The fourth-order valence-corrected chi connectivity index (χ4v) is 1.43. The van der Waals surface area contributed by atoms with Crippen molar-refractivity contribution in [2.75, 3.05) is 0 Å². The van der Waals surface area contributed by atoms with Crippen LogP contribution in [0, 0.1) is 0 Å². The first kappa shape index (κ1) is 13.2. The molecule has 0 saturated carbocycles. The van der Waals surface area contributed by atoms with Crippen molar-refractivity contribution in [2.45, 2.75) is 26.6 Å². The number of carboxylic acids is 1. The van der Waals surface area contributed by atoms with Gasteiger partial charge in [0.25, 0.3) is 5.89 Å². The minimum absolute atomic E-state index is 0.0881. The molecule has 0 aliphatic carbocycles. The third kappa shape index (κ3) is 3.38. The summed E-state index contributed by atoms with van der Waals surface area (Å²) >= 11 is 0. The molecule has 1 heterocycles. The summed E-state index contributed by atoms with van der Waals surface area (Å²) in [4.78, 5) is 14.9. The number of benzene rings is 1. The van der Waals surface area contributed by atoms with E-state index in [2.05, 4.69) is 10.1 Å². The lowest BCUT2D eigenvalue weighted by Gasteiger charge is -2.02. The van der Waals surface area contributed by atoms with E-state index in [1.165, 1.54) is 12.1 Å². The van der Waals surface area contributed by atoms with Gasteiger partial charge in [0.05, 0.1) is 11.7 Å². The molecule has 0 aliphatic heterocycles. The number of carboxylic acid groups (broad SMARTS) is 1. The summed E-state index contributed by atoms with van der Waals surface area (Å²) in [5.41, 5.74) is 0.917. The topological polar surface area (TPSA) is 85.5 Å². The molecule has 6 heteroatoms. The van der Waals surface area contributed by atoms with Crippen LogP contribution in [0.5, 0.6) is 0 Å². The van der Waals surface area contributed by atoms with Gasteiger partial charge in [-0.1, -0.05) is 17.3 Å². The fourth-order valence-electron chi connectivity index (χ4n) is 1.43. The molecule has 0 spiro atoms. The SMILES string of the molecule is CC(C)OCc1nc(-c2ccc(C(=O)O)cc2)no1. The van der Waals surface area contributed by atoms with Crippen LogP contribution < -0.4 is 0 Å². The second kappa shape index (κ2) is 5.62. The molecule has 100 valence electrons. The predicted octanol–water partition coefficient (Wildman–Crippen LogP) is 2.36. The van der Waals surface area contributed by atoms with Crippen molar-refractivity contribution in [3.05, 3.63) is 35.7 Å². The van der Waals surface area contributed by atoms with E-state index in [1.54, 1.807) is 12.1 Å². The zero-order valence-corrected chi connectivity index (χ0v) is 10.7. The molecule has 0 amide bonds. The van der Waals surface area contributed by atoms with E-state index in [9.17, 15) is 4.79 Å². The number of aromatic nitrogens is 2. The molecule has 0 fully saturated rings. The smallest absolute Gasteiger partial charge is 0.335 e. The number of ether oxygens (including phenoxy) is 1. The Kier molecular flexibility index (Phi) is 3.91. The van der Waals surface area contributed by atoms with E-state index in [0.29, 0.717) is 17.3 Å². The molecule has 2 rings (SSSR count). The highest BCUT2D eigenvalue weighted by molar-refractivity contribution is 5.88. The van der Waals surface area contributed by atoms with Gasteiger partial charge in [-0.2, -0.15) is 4.98 Å². The standard InChI is InChI=1S/C13H14N2O4/c1-8(2)18-7-11-14-12(15-19-11)9-3-5-10(6-4-9)13(16)17/h3-6,8H,7H2,1-2H3,(H,16,17). The van der Waals surface area contributed by atoms with Crippen LogP contribution in [0.3, 0.4) is 0 Å². The van der Waals surface area contributed by atoms with Gasteiger partial charge in [0.1, 0.15) is 6.61 Å². The van der Waals surface area contributed by atoms with Gasteiger partial charge in [0.2, 0.25) is 5.82 Å². The number of hydrogen-bond acceptors (Lipinski definition) is 5. The van der Waals surface area contributed by atoms with Gasteiger partial charge >= 0.3 is 5.97 Å². The van der Waals surface area contributed by atoms with Gasteiger partial charge in [0, 0.05) is 5.56 Å². The molecule has 19 heavy (non-hydrogen) atoms. The van der Waals surface area contributed by atoms with Gasteiger partial charge < -0.3 is 14.4 Å². The molecule has 1 aromatic heterocycles. The van der Waals surface area contributed by atoms with Crippen molar-refractivity contribution in [1.82, 2.24) is 10.1 Å². The molecule has 0 radical (unpaired) electrons. The molecule has 0 saturated heterocycles. The third-order valence-electron chi connectivity index (χ3n) is 2.40. The first-order chi connectivity index (χ1) is 9.06. The Morgan fingerprint density at radius 2 is 2.05 bits per heavy atom. The Balaban J connectivity index is 2.11. The van der Waals surface area contributed by atoms with Crippen molar-refractivity contribution in [3.63, 3.8) is 0 Å². The molecule has 0 aliphatic rings. The van der Waals surface area contributed by atoms with E-state index >= 15 is 0 Å². The number of rotatable bonds is 5. The van der Waals surface area contributed by atoms with Gasteiger partial charge in [0.15, 0.2) is 0 Å². The highest BCUT2D eigenvalue weighted by Crippen LogP contribution is 2.17. The summed E-state index contributed by atoms with van der Waals surface area (Å²) < 4.78 is 10.4. The van der Waals surface area contributed by atoms with Crippen molar-refractivity contribution in [3.8, 4) is 11.4 Å². The van der Waals surface area contributed by atoms with Crippen molar-refractivity contribution in [1.29, 1.82) is 0 Å². The molecule has 0 unspecified atom stereocenters. The predicted molar refractivity (Wildman–Crippen MR) is 66.6 cm³/mol. The van der Waals surface area contributed by atoms with Gasteiger partial charge in [-0.25, -0.2) is 4.79 Å². The van der Waals surface area contributed by atoms with E-state index in [1.807, 2.05) is 13.8 Å². The lowest BCUT2D eigenvalue weighted by atomic mass is 10.1. The summed E-state index contributed by atoms with van der Waals surface area (Å²) in [5, 5.41) is 12.6. The van der Waals surface area contributed by atoms with Crippen LogP contribution in [0.25, 0.3) is 11.4 Å². The Hall–Kier alpha value is -2.21. The molecule has 0 bridgehead atoms. The van der Waals surface area contributed by atoms with E-state index in [0.717, 1.165) is 0 Å². The van der Waals surface area contributed by atoms with Crippen molar-refractivity contribution in [2.24, 2.45) is 0 Å². The number of hydrogen-bond donors (Lipinski definition) is 1. The average Bonchev–Trinajstić information content (AvgIpc) is 2.85. The normalized spacial score (nSPS) is 10.9. The maximum Gasteiger partial charge on any atom is 0.335 e. The lowest BCUT2D eigenvalue weighted by Crippen LogP contribution is -2.02. The molecule has 2 aromatic rings. The van der Waals surface area contributed by atoms with Crippen LogP contribution >= 0.6 is 0 Å². The lowest BCUT2D eigenvalue weighted by molar-refractivity contribution is 0.0485. The van der Waals surface area contributed by atoms with Crippen LogP contribution in [-0.4, -0.2) is 27.3 Å². The summed E-state index contributed by atoms with van der Waals surface area (Å²) in [6.07, 6.45) is 0.0881. The maximum atomic E-state index is 10.7. The fraction of sp³-hybridized carbons (Fsp3) is 0.308.